The zero-order valence-corrected chi connectivity index (χ0v) is 17.3. The minimum absolute atomic E-state index is 0.250. The molecule has 1 heterocycles. The van der Waals surface area contributed by atoms with E-state index in [0.29, 0.717) is 18.3 Å². The molecule has 0 saturated heterocycles. The van der Waals surface area contributed by atoms with Gasteiger partial charge in [-0.25, -0.2) is 9.79 Å². The Morgan fingerprint density at radius 3 is 2.55 bits per heavy atom. The third-order valence-corrected chi connectivity index (χ3v) is 5.32. The van der Waals surface area contributed by atoms with Gasteiger partial charge in [0, 0.05) is 21.2 Å². The molecule has 0 spiro atoms. The summed E-state index contributed by atoms with van der Waals surface area (Å²) in [5.41, 5.74) is 3.86. The first kappa shape index (κ1) is 19.2. The van der Waals surface area contributed by atoms with Crippen molar-refractivity contribution in [3.8, 4) is 5.75 Å². The Kier molecular flexibility index (Phi) is 5.58. The lowest BCUT2D eigenvalue weighted by molar-refractivity contribution is -0.129. The fraction of sp³-hybridized carbons (Fsp3) is 0.0833. The van der Waals surface area contributed by atoms with Gasteiger partial charge in [-0.3, -0.25) is 0 Å². The highest BCUT2D eigenvalue weighted by atomic mass is 79.9. The number of benzene rings is 3. The van der Waals surface area contributed by atoms with Crippen molar-refractivity contribution in [3.63, 3.8) is 0 Å². The molecule has 29 heavy (non-hydrogen) atoms. The molecule has 144 valence electrons. The summed E-state index contributed by atoms with van der Waals surface area (Å²) in [5, 5.41) is 0. The number of hydrogen-bond donors (Lipinski definition) is 0. The summed E-state index contributed by atoms with van der Waals surface area (Å²) in [6, 6.07) is 23.1. The molecule has 0 aliphatic carbocycles. The van der Waals surface area contributed by atoms with E-state index in [0.717, 1.165) is 26.7 Å². The zero-order chi connectivity index (χ0) is 20.2. The fourth-order valence-electron chi connectivity index (χ4n) is 2.99. The predicted molar refractivity (Wildman–Crippen MR) is 117 cm³/mol. The Labute approximate surface area is 177 Å². The van der Waals surface area contributed by atoms with E-state index in [4.69, 9.17) is 9.47 Å². The standard InChI is InChI=1S/C24H18BrNO3/c1-16-8-2-5-11-19(16)23-26-21(24(27)29-23)14-17-9-4-7-13-22(17)28-15-18-10-3-6-12-20(18)25/h2-14H,15H2,1H3/b21-14-. The molecule has 0 radical (unpaired) electrons. The highest BCUT2D eigenvalue weighted by Crippen LogP contribution is 2.27. The van der Waals surface area contributed by atoms with Gasteiger partial charge in [-0.2, -0.15) is 0 Å². The molecule has 0 atom stereocenters. The van der Waals surface area contributed by atoms with Gasteiger partial charge >= 0.3 is 5.97 Å². The number of esters is 1. The van der Waals surface area contributed by atoms with Crippen molar-refractivity contribution >= 4 is 33.9 Å². The normalized spacial score (nSPS) is 14.6. The SMILES string of the molecule is Cc1ccccc1C1=N/C(=C\c2ccccc2OCc2ccccc2Br)C(=O)O1. The number of halogens is 1. The van der Waals surface area contributed by atoms with Gasteiger partial charge in [0.2, 0.25) is 5.90 Å². The van der Waals surface area contributed by atoms with Gasteiger partial charge in [0.25, 0.3) is 0 Å². The first-order valence-corrected chi connectivity index (χ1v) is 9.95. The van der Waals surface area contributed by atoms with Crippen LogP contribution in [-0.2, 0) is 16.1 Å². The van der Waals surface area contributed by atoms with E-state index in [1.54, 1.807) is 6.08 Å². The largest absolute Gasteiger partial charge is 0.488 e. The molecule has 4 rings (SSSR count). The number of ether oxygens (including phenoxy) is 2. The van der Waals surface area contributed by atoms with E-state index in [1.165, 1.54) is 0 Å². The van der Waals surface area contributed by atoms with Crippen LogP contribution in [0.1, 0.15) is 22.3 Å². The van der Waals surface area contributed by atoms with Crippen LogP contribution in [0.15, 0.2) is 88.0 Å². The quantitative estimate of drug-likeness (QED) is 0.373. The number of carbonyl (C=O) groups is 1. The molecular formula is C24H18BrNO3. The highest BCUT2D eigenvalue weighted by Gasteiger charge is 2.25. The van der Waals surface area contributed by atoms with Crippen LogP contribution in [0.2, 0.25) is 0 Å². The molecule has 0 saturated carbocycles. The first-order chi connectivity index (χ1) is 14.1. The second kappa shape index (κ2) is 8.45. The minimum Gasteiger partial charge on any atom is -0.488 e. The Morgan fingerprint density at radius 2 is 1.72 bits per heavy atom. The molecule has 3 aromatic carbocycles. The maximum absolute atomic E-state index is 12.4. The lowest BCUT2D eigenvalue weighted by Crippen LogP contribution is -2.06. The average Bonchev–Trinajstić information content (AvgIpc) is 3.09. The summed E-state index contributed by atoms with van der Waals surface area (Å²) in [5.74, 6) is 0.526. The maximum atomic E-state index is 12.4. The van der Waals surface area contributed by atoms with Crippen LogP contribution >= 0.6 is 15.9 Å². The van der Waals surface area contributed by atoms with Crippen LogP contribution in [0.25, 0.3) is 6.08 Å². The second-order valence-corrected chi connectivity index (χ2v) is 7.42. The Bertz CT molecular complexity index is 1130. The van der Waals surface area contributed by atoms with Crippen LogP contribution in [-0.4, -0.2) is 11.9 Å². The van der Waals surface area contributed by atoms with E-state index < -0.39 is 5.97 Å². The second-order valence-electron chi connectivity index (χ2n) is 6.57. The number of rotatable bonds is 5. The number of nitrogens with zero attached hydrogens (tertiary/aromatic N) is 1. The van der Waals surface area contributed by atoms with Gasteiger partial charge in [0.05, 0.1) is 0 Å². The van der Waals surface area contributed by atoms with E-state index in [1.807, 2.05) is 79.7 Å². The summed E-state index contributed by atoms with van der Waals surface area (Å²) < 4.78 is 12.4. The van der Waals surface area contributed by atoms with Crippen molar-refractivity contribution in [2.75, 3.05) is 0 Å². The Morgan fingerprint density at radius 1 is 1.00 bits per heavy atom. The van der Waals surface area contributed by atoms with E-state index in [-0.39, 0.29) is 5.70 Å². The molecule has 0 fully saturated rings. The van der Waals surface area contributed by atoms with Crippen LogP contribution in [0.5, 0.6) is 5.75 Å². The van der Waals surface area contributed by atoms with Gasteiger partial charge in [-0.1, -0.05) is 70.5 Å². The summed E-state index contributed by atoms with van der Waals surface area (Å²) in [6.07, 6.45) is 1.70. The number of carbonyl (C=O) groups excluding carboxylic acids is 1. The molecular weight excluding hydrogens is 430 g/mol. The van der Waals surface area contributed by atoms with Crippen molar-refractivity contribution in [1.29, 1.82) is 0 Å². The molecule has 1 aliphatic rings. The predicted octanol–water partition coefficient (Wildman–Crippen LogP) is 5.68. The molecule has 0 aromatic heterocycles. The minimum atomic E-state index is -0.469. The number of aryl methyl sites for hydroxylation is 1. The van der Waals surface area contributed by atoms with Gasteiger partial charge in [0.15, 0.2) is 5.70 Å². The van der Waals surface area contributed by atoms with Crippen molar-refractivity contribution in [3.05, 3.63) is 105 Å². The Balaban J connectivity index is 1.61. The van der Waals surface area contributed by atoms with Crippen LogP contribution < -0.4 is 4.74 Å². The number of aliphatic imine (C=N–C) groups is 1. The number of cyclic esters (lactones) is 1. The van der Waals surface area contributed by atoms with Crippen molar-refractivity contribution < 1.29 is 14.3 Å². The van der Waals surface area contributed by atoms with Crippen LogP contribution in [0, 0.1) is 6.92 Å². The third-order valence-electron chi connectivity index (χ3n) is 4.55. The summed E-state index contributed by atoms with van der Waals surface area (Å²) in [4.78, 5) is 16.8. The maximum Gasteiger partial charge on any atom is 0.363 e. The summed E-state index contributed by atoms with van der Waals surface area (Å²) in [7, 11) is 0. The zero-order valence-electron chi connectivity index (χ0n) is 15.8. The molecule has 4 nitrogen and oxygen atoms in total. The van der Waals surface area contributed by atoms with Crippen molar-refractivity contribution in [2.45, 2.75) is 13.5 Å². The van der Waals surface area contributed by atoms with Crippen molar-refractivity contribution in [1.82, 2.24) is 0 Å². The van der Waals surface area contributed by atoms with E-state index in [9.17, 15) is 4.79 Å². The monoisotopic (exact) mass is 447 g/mol. The molecule has 0 amide bonds. The molecule has 5 heteroatoms. The van der Waals surface area contributed by atoms with Gasteiger partial charge in [-0.15, -0.1) is 0 Å². The highest BCUT2D eigenvalue weighted by molar-refractivity contribution is 9.10. The summed E-state index contributed by atoms with van der Waals surface area (Å²) in [6.45, 7) is 2.36. The average molecular weight is 448 g/mol. The third kappa shape index (κ3) is 4.30. The van der Waals surface area contributed by atoms with E-state index in [2.05, 4.69) is 20.9 Å². The van der Waals surface area contributed by atoms with Crippen molar-refractivity contribution in [2.24, 2.45) is 4.99 Å². The van der Waals surface area contributed by atoms with Crippen LogP contribution in [0.3, 0.4) is 0 Å². The fourth-order valence-corrected chi connectivity index (χ4v) is 3.39. The van der Waals surface area contributed by atoms with Gasteiger partial charge in [0.1, 0.15) is 12.4 Å². The number of hydrogen-bond acceptors (Lipinski definition) is 4. The lowest BCUT2D eigenvalue weighted by Gasteiger charge is -2.10. The summed E-state index contributed by atoms with van der Waals surface area (Å²) >= 11 is 3.53. The smallest absolute Gasteiger partial charge is 0.363 e. The molecule has 0 unspecified atom stereocenters. The molecule has 0 bridgehead atoms. The van der Waals surface area contributed by atoms with Crippen LogP contribution in [0.4, 0.5) is 0 Å². The molecule has 3 aromatic rings. The molecule has 1 aliphatic heterocycles. The lowest BCUT2D eigenvalue weighted by atomic mass is 10.1. The number of para-hydroxylation sites is 1. The Hall–Kier alpha value is -3.18. The van der Waals surface area contributed by atoms with Gasteiger partial charge < -0.3 is 9.47 Å². The van der Waals surface area contributed by atoms with E-state index >= 15 is 0 Å². The topological polar surface area (TPSA) is 47.9 Å². The van der Waals surface area contributed by atoms with Gasteiger partial charge in [-0.05, 0) is 36.8 Å². The molecule has 0 N–H and O–H groups in total. The first-order valence-electron chi connectivity index (χ1n) is 9.15.